The van der Waals surface area contributed by atoms with Crippen molar-refractivity contribution in [1.29, 1.82) is 0 Å². The molecule has 1 aromatic heterocycles. The lowest BCUT2D eigenvalue weighted by atomic mass is 9.81. The van der Waals surface area contributed by atoms with Gasteiger partial charge in [0.1, 0.15) is 5.75 Å². The molecule has 4 aliphatic heterocycles. The molecule has 3 saturated heterocycles. The van der Waals surface area contributed by atoms with E-state index in [9.17, 15) is 13.2 Å². The van der Waals surface area contributed by atoms with Crippen molar-refractivity contribution in [2.45, 2.75) is 101 Å². The lowest BCUT2D eigenvalue weighted by molar-refractivity contribution is -0.149. The molecule has 2 bridgehead atoms. The average Bonchev–Trinajstić information content (AvgIpc) is 3.80. The number of sulfonamides is 1. The molecule has 2 amide bonds. The number of carbonyl (C=O) groups is 2. The first-order chi connectivity index (χ1) is 24.1. The van der Waals surface area contributed by atoms with Gasteiger partial charge in [-0.05, 0) is 93.3 Å². The lowest BCUT2D eigenvalue weighted by Gasteiger charge is -2.52. The van der Waals surface area contributed by atoms with Gasteiger partial charge in [-0.1, -0.05) is 25.3 Å². The molecule has 50 heavy (non-hydrogen) atoms. The second-order valence-corrected chi connectivity index (χ2v) is 17.9. The molecular formula is C39H50N4O6S. The zero-order valence-electron chi connectivity index (χ0n) is 29.7. The van der Waals surface area contributed by atoms with Gasteiger partial charge in [0.15, 0.2) is 0 Å². The fourth-order valence-corrected chi connectivity index (χ4v) is 10.3. The molecule has 3 aromatic rings. The van der Waals surface area contributed by atoms with E-state index < -0.39 is 26.6 Å². The molecule has 10 nitrogen and oxygen atoms in total. The predicted octanol–water partition coefficient (Wildman–Crippen LogP) is 5.64. The Hall–Kier alpha value is -3.41. The lowest BCUT2D eigenvalue weighted by Crippen LogP contribution is -2.65. The number of nitrogens with one attached hydrogen (secondary N) is 1. The van der Waals surface area contributed by atoms with Crippen LogP contribution in [-0.2, 0) is 26.1 Å². The Kier molecular flexibility index (Phi) is 8.54. The maximum absolute atomic E-state index is 15.1. The molecule has 9 rings (SSSR count). The van der Waals surface area contributed by atoms with E-state index in [-0.39, 0.29) is 17.9 Å². The van der Waals surface area contributed by atoms with Crippen LogP contribution >= 0.6 is 0 Å². The highest BCUT2D eigenvalue weighted by Crippen LogP contribution is 2.66. The molecule has 2 saturated carbocycles. The SMILES string of the molecule is COCCN1CC2CCC1CN2C(=O)[C@]12C[C@H]1c1cc(OC)ccc1-c1c(C3CCCCC3)c3ccc(C(=O)NS(=O)(=O)C(C)C)cc3n1C2. The number of aromatic nitrogens is 1. The molecule has 1 N–H and O–H groups in total. The van der Waals surface area contributed by atoms with Gasteiger partial charge in [-0.3, -0.25) is 14.5 Å². The van der Waals surface area contributed by atoms with Crippen LogP contribution in [0.1, 0.15) is 98.5 Å². The fourth-order valence-electron chi connectivity index (χ4n) is 9.66. The van der Waals surface area contributed by atoms with Crippen molar-refractivity contribution in [2.75, 3.05) is 40.5 Å². The molecular weight excluding hydrogens is 653 g/mol. The molecule has 5 fully saturated rings. The van der Waals surface area contributed by atoms with Crippen molar-refractivity contribution >= 4 is 32.7 Å². The van der Waals surface area contributed by atoms with E-state index in [2.05, 4.69) is 31.2 Å². The monoisotopic (exact) mass is 702 g/mol. The minimum absolute atomic E-state index is 0.0574. The topological polar surface area (TPSA) is 110 Å². The van der Waals surface area contributed by atoms with Gasteiger partial charge in [-0.15, -0.1) is 0 Å². The highest BCUT2D eigenvalue weighted by molar-refractivity contribution is 7.90. The summed E-state index contributed by atoms with van der Waals surface area (Å²) >= 11 is 0. The smallest absolute Gasteiger partial charge is 0.264 e. The third-order valence-corrected chi connectivity index (χ3v) is 14.3. The summed E-state index contributed by atoms with van der Waals surface area (Å²) in [5, 5.41) is 0.352. The molecule has 0 radical (unpaired) electrons. The minimum atomic E-state index is -3.81. The molecule has 268 valence electrons. The fraction of sp³-hybridized carbons (Fsp3) is 0.590. The molecule has 2 aliphatic carbocycles. The van der Waals surface area contributed by atoms with Crippen molar-refractivity contribution in [1.82, 2.24) is 19.1 Å². The standard InChI is InChI=1S/C39H50N4O6S/c1-24(2)50(46,47)40-37(44)26-10-14-31-34(18-26)43-23-39(38(45)42-22-27-11-12-28(42)21-41(27)16-17-48-3)20-33(39)32-19-29(49-4)13-15-30(32)36(43)35(31)25-8-6-5-7-9-25/h10,13-15,18-19,24-25,27-28,33H,5-9,11-12,16-17,20-23H2,1-4H3,(H,40,44)/t27?,28?,33-,39-/m0/s1. The maximum Gasteiger partial charge on any atom is 0.264 e. The number of piperazine rings is 1. The Morgan fingerprint density at radius 2 is 1.76 bits per heavy atom. The molecule has 6 aliphatic rings. The zero-order chi connectivity index (χ0) is 34.9. The van der Waals surface area contributed by atoms with Crippen LogP contribution in [0.4, 0.5) is 0 Å². The Bertz CT molecular complexity index is 1950. The molecule has 2 aromatic carbocycles. The number of amides is 2. The summed E-state index contributed by atoms with van der Waals surface area (Å²) in [5.74, 6) is 0.809. The molecule has 4 atom stereocenters. The molecule has 5 heterocycles. The van der Waals surface area contributed by atoms with E-state index >= 15 is 4.79 Å². The van der Waals surface area contributed by atoms with Gasteiger partial charge in [-0.2, -0.15) is 0 Å². The van der Waals surface area contributed by atoms with E-state index in [1.54, 1.807) is 34.1 Å². The van der Waals surface area contributed by atoms with Crippen LogP contribution < -0.4 is 9.46 Å². The first kappa shape index (κ1) is 33.7. The van der Waals surface area contributed by atoms with Crippen LogP contribution in [0, 0.1) is 5.41 Å². The summed E-state index contributed by atoms with van der Waals surface area (Å²) in [7, 11) is -0.373. The second kappa shape index (κ2) is 12.7. The molecule has 0 spiro atoms. The Balaban J connectivity index is 1.27. The number of piperidine rings is 2. The summed E-state index contributed by atoms with van der Waals surface area (Å²) in [5.41, 5.74) is 5.32. The summed E-state index contributed by atoms with van der Waals surface area (Å²) in [4.78, 5) is 33.3. The van der Waals surface area contributed by atoms with Crippen molar-refractivity contribution in [3.05, 3.63) is 53.1 Å². The molecule has 11 heteroatoms. The van der Waals surface area contributed by atoms with Crippen LogP contribution in [0.2, 0.25) is 0 Å². The van der Waals surface area contributed by atoms with Crippen LogP contribution in [0.5, 0.6) is 5.75 Å². The van der Waals surface area contributed by atoms with Gasteiger partial charge in [-0.25, -0.2) is 13.1 Å². The number of hydrogen-bond acceptors (Lipinski definition) is 7. The first-order valence-electron chi connectivity index (χ1n) is 18.5. The highest BCUT2D eigenvalue weighted by atomic mass is 32.2. The van der Waals surface area contributed by atoms with Crippen molar-refractivity contribution in [3.8, 4) is 17.0 Å². The quantitative estimate of drug-likeness (QED) is 0.307. The summed E-state index contributed by atoms with van der Waals surface area (Å²) in [6, 6.07) is 12.5. The van der Waals surface area contributed by atoms with Crippen LogP contribution in [0.3, 0.4) is 0 Å². The van der Waals surface area contributed by atoms with Gasteiger partial charge in [0.25, 0.3) is 5.91 Å². The highest BCUT2D eigenvalue weighted by Gasteiger charge is 2.65. The third-order valence-electron chi connectivity index (χ3n) is 12.6. The third kappa shape index (κ3) is 5.46. The van der Waals surface area contributed by atoms with Gasteiger partial charge < -0.3 is 18.9 Å². The zero-order valence-corrected chi connectivity index (χ0v) is 30.6. The number of hydrogen-bond donors (Lipinski definition) is 1. The number of ether oxygens (including phenoxy) is 2. The summed E-state index contributed by atoms with van der Waals surface area (Å²) < 4.78 is 41.2. The number of fused-ring (bicyclic) bond motifs is 10. The number of benzene rings is 2. The van der Waals surface area contributed by atoms with Crippen LogP contribution in [0.15, 0.2) is 36.4 Å². The van der Waals surface area contributed by atoms with Gasteiger partial charge in [0.2, 0.25) is 15.9 Å². The largest absolute Gasteiger partial charge is 0.497 e. The predicted molar refractivity (Wildman–Crippen MR) is 193 cm³/mol. The average molecular weight is 703 g/mol. The van der Waals surface area contributed by atoms with Crippen LogP contribution in [-0.4, -0.2) is 92.4 Å². The van der Waals surface area contributed by atoms with Crippen molar-refractivity contribution < 1.29 is 27.5 Å². The van der Waals surface area contributed by atoms with E-state index in [1.165, 1.54) is 30.4 Å². The Morgan fingerprint density at radius 1 is 0.980 bits per heavy atom. The van der Waals surface area contributed by atoms with E-state index in [4.69, 9.17) is 9.47 Å². The van der Waals surface area contributed by atoms with E-state index in [0.29, 0.717) is 30.7 Å². The number of rotatable bonds is 9. The van der Waals surface area contributed by atoms with Gasteiger partial charge in [0, 0.05) is 73.3 Å². The Morgan fingerprint density at radius 3 is 2.46 bits per heavy atom. The van der Waals surface area contributed by atoms with E-state index in [1.807, 2.05) is 18.2 Å². The van der Waals surface area contributed by atoms with Crippen molar-refractivity contribution in [2.24, 2.45) is 5.41 Å². The number of carbonyl (C=O) groups excluding carboxylic acids is 2. The molecule has 2 unspecified atom stereocenters. The summed E-state index contributed by atoms with van der Waals surface area (Å²) in [6.45, 7) is 6.84. The second-order valence-electron chi connectivity index (χ2n) is 15.6. The number of methoxy groups -OCH3 is 2. The van der Waals surface area contributed by atoms with Gasteiger partial charge in [0.05, 0.1) is 30.1 Å². The maximum atomic E-state index is 15.1. The minimum Gasteiger partial charge on any atom is -0.497 e. The number of nitrogens with zero attached hydrogens (tertiary/aromatic N) is 3. The van der Waals surface area contributed by atoms with Crippen LogP contribution in [0.25, 0.3) is 22.2 Å². The van der Waals surface area contributed by atoms with E-state index in [0.717, 1.165) is 79.6 Å². The Labute approximate surface area is 295 Å². The normalized spacial score (nSPS) is 26.3. The van der Waals surface area contributed by atoms with Gasteiger partial charge >= 0.3 is 0 Å². The first-order valence-corrected chi connectivity index (χ1v) is 20.1. The summed E-state index contributed by atoms with van der Waals surface area (Å²) in [6.07, 6.45) is 8.64. The van der Waals surface area contributed by atoms with Crippen molar-refractivity contribution in [3.63, 3.8) is 0 Å².